The van der Waals surface area contributed by atoms with Crippen LogP contribution in [0.15, 0.2) is 44.9 Å². The third-order valence-electron chi connectivity index (χ3n) is 2.49. The lowest BCUT2D eigenvalue weighted by atomic mass is 10.3. The molecule has 0 aliphatic rings. The standard InChI is InChI=1S/C13H10Cl2N2O6S/c14-8-1-3-11(10(15)5-8)22-7-12(18)17-16-6-9-2-4-13(23-9)24(19,20)21/h1-6H,7H2,(H,17,18)(H,19,20,21)/b16-6+. The Labute approximate surface area is 146 Å². The first kappa shape index (κ1) is 18.3. The number of nitrogens with zero attached hydrogens (tertiary/aromatic N) is 1. The number of benzene rings is 1. The molecule has 0 radical (unpaired) electrons. The summed E-state index contributed by atoms with van der Waals surface area (Å²) >= 11 is 11.6. The average Bonchev–Trinajstić information content (AvgIpc) is 2.95. The Bertz CT molecular complexity index is 878. The molecule has 128 valence electrons. The lowest BCUT2D eigenvalue weighted by Crippen LogP contribution is -2.24. The molecule has 0 bridgehead atoms. The van der Waals surface area contributed by atoms with E-state index in [1.54, 1.807) is 6.07 Å². The van der Waals surface area contributed by atoms with Gasteiger partial charge in [-0.25, -0.2) is 5.43 Å². The van der Waals surface area contributed by atoms with Gasteiger partial charge in [-0.05, 0) is 30.3 Å². The van der Waals surface area contributed by atoms with Gasteiger partial charge in [0.1, 0.15) is 11.5 Å². The lowest BCUT2D eigenvalue weighted by Gasteiger charge is -2.06. The summed E-state index contributed by atoms with van der Waals surface area (Å²) in [5.41, 5.74) is 2.14. The zero-order valence-corrected chi connectivity index (χ0v) is 14.1. The predicted molar refractivity (Wildman–Crippen MR) is 86.2 cm³/mol. The fraction of sp³-hybridized carbons (Fsp3) is 0.0769. The fourth-order valence-corrected chi connectivity index (χ4v) is 2.38. The monoisotopic (exact) mass is 392 g/mol. The summed E-state index contributed by atoms with van der Waals surface area (Å²) in [5, 5.41) is 3.62. The number of furan rings is 1. The van der Waals surface area contributed by atoms with Crippen LogP contribution in [0.5, 0.6) is 5.75 Å². The number of ether oxygens (including phenoxy) is 1. The van der Waals surface area contributed by atoms with Crippen molar-refractivity contribution in [3.05, 3.63) is 46.1 Å². The summed E-state index contributed by atoms with van der Waals surface area (Å²) < 4.78 is 40.4. The molecule has 1 aromatic heterocycles. The summed E-state index contributed by atoms with van der Waals surface area (Å²) in [6.45, 7) is -0.354. The van der Waals surface area contributed by atoms with Crippen LogP contribution in [0.1, 0.15) is 5.76 Å². The number of hydrazone groups is 1. The molecule has 2 N–H and O–H groups in total. The number of amides is 1. The number of halogens is 2. The van der Waals surface area contributed by atoms with Crippen LogP contribution >= 0.6 is 23.2 Å². The molecule has 0 unspecified atom stereocenters. The Morgan fingerprint density at radius 3 is 2.71 bits per heavy atom. The minimum atomic E-state index is -4.43. The Balaban J connectivity index is 1.85. The second-order valence-corrected chi connectivity index (χ2v) is 6.48. The number of nitrogens with one attached hydrogen (secondary N) is 1. The van der Waals surface area contributed by atoms with Crippen molar-refractivity contribution >= 4 is 45.4 Å². The highest BCUT2D eigenvalue weighted by Crippen LogP contribution is 2.27. The molecule has 0 saturated heterocycles. The third-order valence-corrected chi connectivity index (χ3v) is 3.75. The maximum absolute atomic E-state index is 11.6. The van der Waals surface area contributed by atoms with Gasteiger partial charge in [-0.1, -0.05) is 23.2 Å². The summed E-state index contributed by atoms with van der Waals surface area (Å²) in [7, 11) is -4.43. The first-order valence-corrected chi connectivity index (χ1v) is 8.42. The van der Waals surface area contributed by atoms with Crippen LogP contribution in [0.25, 0.3) is 0 Å². The van der Waals surface area contributed by atoms with Crippen molar-refractivity contribution in [3.63, 3.8) is 0 Å². The van der Waals surface area contributed by atoms with E-state index in [-0.39, 0.29) is 23.1 Å². The number of carbonyl (C=O) groups excluding carboxylic acids is 1. The zero-order valence-electron chi connectivity index (χ0n) is 11.8. The molecule has 11 heteroatoms. The van der Waals surface area contributed by atoms with Gasteiger partial charge in [0, 0.05) is 5.02 Å². The molecule has 8 nitrogen and oxygen atoms in total. The smallest absolute Gasteiger partial charge is 0.328 e. The summed E-state index contributed by atoms with van der Waals surface area (Å²) in [5.74, 6) is -0.285. The SMILES string of the molecule is O=C(COc1ccc(Cl)cc1Cl)N/N=C/c1ccc(S(=O)(=O)O)o1. The van der Waals surface area contributed by atoms with Crippen molar-refractivity contribution in [2.45, 2.75) is 5.09 Å². The molecule has 2 aromatic rings. The molecular formula is C13H10Cl2N2O6S. The number of carbonyl (C=O) groups is 1. The molecule has 1 heterocycles. The molecular weight excluding hydrogens is 383 g/mol. The molecule has 1 amide bonds. The quantitative estimate of drug-likeness (QED) is 0.442. The maximum atomic E-state index is 11.6. The minimum Gasteiger partial charge on any atom is -0.482 e. The first-order valence-electron chi connectivity index (χ1n) is 6.23. The molecule has 2 rings (SSSR count). The Kier molecular flexibility index (Phi) is 5.84. The summed E-state index contributed by atoms with van der Waals surface area (Å²) in [6.07, 6.45) is 1.06. The van der Waals surface area contributed by atoms with Gasteiger partial charge in [-0.15, -0.1) is 0 Å². The molecule has 1 aromatic carbocycles. The molecule has 0 aliphatic heterocycles. The van der Waals surface area contributed by atoms with Gasteiger partial charge in [0.05, 0.1) is 11.2 Å². The second-order valence-electron chi connectivity index (χ2n) is 4.29. The first-order chi connectivity index (χ1) is 11.3. The molecule has 24 heavy (non-hydrogen) atoms. The number of rotatable bonds is 6. The van der Waals surface area contributed by atoms with Crippen molar-refractivity contribution in [3.8, 4) is 5.75 Å². The number of hydrogen-bond acceptors (Lipinski definition) is 6. The topological polar surface area (TPSA) is 118 Å². The zero-order chi connectivity index (χ0) is 17.7. The van der Waals surface area contributed by atoms with Crippen molar-refractivity contribution < 1.29 is 26.9 Å². The largest absolute Gasteiger partial charge is 0.482 e. The van der Waals surface area contributed by atoms with Crippen LogP contribution in [0.4, 0.5) is 0 Å². The lowest BCUT2D eigenvalue weighted by molar-refractivity contribution is -0.123. The van der Waals surface area contributed by atoms with E-state index in [4.69, 9.17) is 36.9 Å². The van der Waals surface area contributed by atoms with Crippen LogP contribution < -0.4 is 10.2 Å². The van der Waals surface area contributed by atoms with E-state index in [9.17, 15) is 13.2 Å². The van der Waals surface area contributed by atoms with E-state index in [1.807, 2.05) is 0 Å². The van der Waals surface area contributed by atoms with Gasteiger partial charge in [0.25, 0.3) is 5.91 Å². The van der Waals surface area contributed by atoms with Gasteiger partial charge in [0.15, 0.2) is 6.61 Å². The third kappa shape index (κ3) is 5.24. The molecule has 0 aliphatic carbocycles. The van der Waals surface area contributed by atoms with Crippen molar-refractivity contribution in [1.82, 2.24) is 5.43 Å². The van der Waals surface area contributed by atoms with E-state index in [0.29, 0.717) is 5.02 Å². The molecule has 0 atom stereocenters. The van der Waals surface area contributed by atoms with Gasteiger partial charge >= 0.3 is 10.1 Å². The van der Waals surface area contributed by atoms with Crippen molar-refractivity contribution in [2.75, 3.05) is 6.61 Å². The maximum Gasteiger partial charge on any atom is 0.328 e. The highest BCUT2D eigenvalue weighted by atomic mass is 35.5. The minimum absolute atomic E-state index is 0.0181. The van der Waals surface area contributed by atoms with E-state index in [2.05, 4.69) is 10.5 Å². The molecule has 0 spiro atoms. The van der Waals surface area contributed by atoms with E-state index >= 15 is 0 Å². The summed E-state index contributed by atoms with van der Waals surface area (Å²) in [4.78, 5) is 11.6. The van der Waals surface area contributed by atoms with Gasteiger partial charge in [0.2, 0.25) is 5.09 Å². The van der Waals surface area contributed by atoms with Crippen LogP contribution in [0.3, 0.4) is 0 Å². The van der Waals surface area contributed by atoms with Crippen molar-refractivity contribution in [2.24, 2.45) is 5.10 Å². The average molecular weight is 393 g/mol. The number of hydrogen-bond donors (Lipinski definition) is 2. The van der Waals surface area contributed by atoms with Crippen LogP contribution in [0.2, 0.25) is 10.0 Å². The van der Waals surface area contributed by atoms with E-state index < -0.39 is 21.1 Å². The van der Waals surface area contributed by atoms with Gasteiger partial charge in [-0.3, -0.25) is 9.35 Å². The Hall–Kier alpha value is -2.07. The van der Waals surface area contributed by atoms with Crippen molar-refractivity contribution in [1.29, 1.82) is 0 Å². The van der Waals surface area contributed by atoms with Crippen LogP contribution in [-0.2, 0) is 14.9 Å². The molecule has 0 saturated carbocycles. The van der Waals surface area contributed by atoms with E-state index in [1.165, 1.54) is 18.2 Å². The summed E-state index contributed by atoms with van der Waals surface area (Å²) in [6, 6.07) is 6.84. The van der Waals surface area contributed by atoms with Gasteiger partial charge < -0.3 is 9.15 Å². The van der Waals surface area contributed by atoms with Crippen LogP contribution in [0, 0.1) is 0 Å². The second kappa shape index (κ2) is 7.67. The Morgan fingerprint density at radius 2 is 2.08 bits per heavy atom. The fourth-order valence-electron chi connectivity index (χ4n) is 1.48. The highest BCUT2D eigenvalue weighted by molar-refractivity contribution is 7.85. The van der Waals surface area contributed by atoms with Crippen LogP contribution in [-0.4, -0.2) is 31.7 Å². The Morgan fingerprint density at radius 1 is 1.33 bits per heavy atom. The predicted octanol–water partition coefficient (Wildman–Crippen LogP) is 2.36. The normalized spacial score (nSPS) is 11.6. The highest BCUT2D eigenvalue weighted by Gasteiger charge is 2.14. The molecule has 0 fully saturated rings. The van der Waals surface area contributed by atoms with E-state index in [0.717, 1.165) is 12.3 Å². The van der Waals surface area contributed by atoms with Gasteiger partial charge in [-0.2, -0.15) is 13.5 Å².